The highest BCUT2D eigenvalue weighted by molar-refractivity contribution is 7.89. The van der Waals surface area contributed by atoms with E-state index in [4.69, 9.17) is 0 Å². The lowest BCUT2D eigenvalue weighted by Gasteiger charge is -2.34. The van der Waals surface area contributed by atoms with Crippen LogP contribution in [0.5, 0.6) is 0 Å². The second-order valence-electron chi connectivity index (χ2n) is 7.00. The van der Waals surface area contributed by atoms with E-state index >= 15 is 0 Å². The molecule has 0 bridgehead atoms. The largest absolute Gasteiger partial charge is 0.417 e. The predicted molar refractivity (Wildman–Crippen MR) is 112 cm³/mol. The van der Waals surface area contributed by atoms with Crippen LogP contribution in [0.3, 0.4) is 0 Å². The van der Waals surface area contributed by atoms with Crippen molar-refractivity contribution in [3.63, 3.8) is 0 Å². The second kappa shape index (κ2) is 8.71. The summed E-state index contributed by atoms with van der Waals surface area (Å²) >= 11 is 0. The van der Waals surface area contributed by atoms with Gasteiger partial charge in [0, 0.05) is 32.4 Å². The smallest absolute Gasteiger partial charge is 0.352 e. The summed E-state index contributed by atoms with van der Waals surface area (Å²) in [5.41, 5.74) is -1.16. The van der Waals surface area contributed by atoms with Crippen molar-refractivity contribution in [2.24, 2.45) is 0 Å². The van der Waals surface area contributed by atoms with Crippen LogP contribution in [-0.2, 0) is 16.2 Å². The molecule has 4 rings (SSSR count). The quantitative estimate of drug-likeness (QED) is 0.620. The number of pyridine rings is 1. The van der Waals surface area contributed by atoms with Crippen LogP contribution in [0.1, 0.15) is 5.56 Å². The Hall–Kier alpha value is -3.25. The number of piperazine rings is 1. The molecule has 2 aromatic heterocycles. The van der Waals surface area contributed by atoms with Crippen LogP contribution in [0.4, 0.5) is 30.6 Å². The number of benzene rings is 1. The van der Waals surface area contributed by atoms with Crippen LogP contribution >= 0.6 is 0 Å². The van der Waals surface area contributed by atoms with Crippen molar-refractivity contribution in [2.75, 3.05) is 36.4 Å². The number of sulfonamides is 1. The first kappa shape index (κ1) is 22.0. The lowest BCUT2D eigenvalue weighted by molar-refractivity contribution is -0.139. The molecule has 3 heterocycles. The molecule has 12 heteroatoms. The summed E-state index contributed by atoms with van der Waals surface area (Å²) in [7, 11) is -4.29. The molecule has 168 valence electrons. The molecule has 1 aliphatic heterocycles. The molecular formula is C20H19F3N6O2S. The predicted octanol–water partition coefficient (Wildman–Crippen LogP) is 3.14. The average molecular weight is 464 g/mol. The molecule has 0 atom stereocenters. The van der Waals surface area contributed by atoms with Crippen molar-refractivity contribution < 1.29 is 21.6 Å². The van der Waals surface area contributed by atoms with Gasteiger partial charge in [-0.2, -0.15) is 17.5 Å². The number of hydrogen-bond donors (Lipinski definition) is 1. The zero-order valence-electron chi connectivity index (χ0n) is 16.7. The van der Waals surface area contributed by atoms with E-state index in [2.05, 4.69) is 20.5 Å². The van der Waals surface area contributed by atoms with E-state index in [0.29, 0.717) is 17.5 Å². The van der Waals surface area contributed by atoms with Gasteiger partial charge in [-0.3, -0.25) is 0 Å². The number of nitrogens with zero attached hydrogens (tertiary/aromatic N) is 5. The number of nitrogens with one attached hydrogen (secondary N) is 1. The highest BCUT2D eigenvalue weighted by Crippen LogP contribution is 2.35. The molecule has 8 nitrogen and oxygen atoms in total. The van der Waals surface area contributed by atoms with Gasteiger partial charge in [-0.1, -0.05) is 18.2 Å². The van der Waals surface area contributed by atoms with E-state index in [0.717, 1.165) is 16.4 Å². The van der Waals surface area contributed by atoms with Crippen molar-refractivity contribution in [1.82, 2.24) is 19.5 Å². The number of anilines is 3. The van der Waals surface area contributed by atoms with Crippen LogP contribution < -0.4 is 10.2 Å². The highest BCUT2D eigenvalue weighted by atomic mass is 32.2. The van der Waals surface area contributed by atoms with Gasteiger partial charge < -0.3 is 10.2 Å². The third-order valence-electron chi connectivity index (χ3n) is 4.94. The van der Waals surface area contributed by atoms with Crippen molar-refractivity contribution in [3.05, 3.63) is 66.4 Å². The summed E-state index contributed by atoms with van der Waals surface area (Å²) in [5.74, 6) is 1.66. The van der Waals surface area contributed by atoms with Crippen molar-refractivity contribution in [2.45, 2.75) is 11.1 Å². The minimum atomic E-state index is -4.76. The fourth-order valence-corrected chi connectivity index (χ4v) is 4.99. The Morgan fingerprint density at radius 1 is 0.844 bits per heavy atom. The molecule has 3 aromatic rings. The van der Waals surface area contributed by atoms with Gasteiger partial charge in [0.25, 0.3) is 0 Å². The van der Waals surface area contributed by atoms with Gasteiger partial charge in [0.15, 0.2) is 11.6 Å². The molecule has 1 saturated heterocycles. The summed E-state index contributed by atoms with van der Waals surface area (Å²) in [6, 6.07) is 13.1. The van der Waals surface area contributed by atoms with Crippen LogP contribution in [0.15, 0.2) is 65.7 Å². The Labute approximate surface area is 182 Å². The van der Waals surface area contributed by atoms with E-state index in [1.807, 2.05) is 11.0 Å². The standard InChI is InChI=1S/C20H19F3N6O2S/c21-20(22,23)15-5-1-2-6-16(15)32(30,31)29-13-11-28(12-14-29)19-9-8-18(26-27-19)25-17-7-3-4-10-24-17/h1-10H,11-14H2,(H,24,25,26). The van der Waals surface area contributed by atoms with E-state index in [9.17, 15) is 21.6 Å². The molecule has 0 aliphatic carbocycles. The minimum absolute atomic E-state index is 0.0319. The maximum atomic E-state index is 13.3. The molecule has 32 heavy (non-hydrogen) atoms. The van der Waals surface area contributed by atoms with Crippen molar-refractivity contribution in [3.8, 4) is 0 Å². The summed E-state index contributed by atoms with van der Waals surface area (Å²) < 4.78 is 66.7. The van der Waals surface area contributed by atoms with Crippen LogP contribution in [-0.4, -0.2) is 54.1 Å². The Balaban J connectivity index is 1.43. The first-order valence-corrected chi connectivity index (χ1v) is 11.1. The summed E-state index contributed by atoms with van der Waals surface area (Å²) in [5, 5.41) is 11.3. The van der Waals surface area contributed by atoms with Crippen LogP contribution in [0.2, 0.25) is 0 Å². The molecule has 1 aromatic carbocycles. The fraction of sp³-hybridized carbons (Fsp3) is 0.250. The van der Waals surface area contributed by atoms with Crippen molar-refractivity contribution in [1.29, 1.82) is 0 Å². The Bertz CT molecular complexity index is 1170. The van der Waals surface area contributed by atoms with Gasteiger partial charge >= 0.3 is 6.18 Å². The maximum Gasteiger partial charge on any atom is 0.417 e. The van der Waals surface area contributed by atoms with Gasteiger partial charge in [0.1, 0.15) is 5.82 Å². The third-order valence-corrected chi connectivity index (χ3v) is 6.90. The number of hydrogen-bond acceptors (Lipinski definition) is 7. The van der Waals surface area contributed by atoms with Crippen LogP contribution in [0.25, 0.3) is 0 Å². The van der Waals surface area contributed by atoms with Crippen LogP contribution in [0, 0.1) is 0 Å². The molecule has 1 fully saturated rings. The molecule has 0 spiro atoms. The summed E-state index contributed by atoms with van der Waals surface area (Å²) in [6.07, 6.45) is -3.11. The summed E-state index contributed by atoms with van der Waals surface area (Å²) in [6.45, 7) is 0.610. The highest BCUT2D eigenvalue weighted by Gasteiger charge is 2.39. The molecule has 0 amide bonds. The maximum absolute atomic E-state index is 13.3. The zero-order valence-corrected chi connectivity index (χ0v) is 17.5. The zero-order chi connectivity index (χ0) is 22.8. The lowest BCUT2D eigenvalue weighted by Crippen LogP contribution is -2.49. The molecular weight excluding hydrogens is 445 g/mol. The molecule has 0 saturated carbocycles. The SMILES string of the molecule is O=S(=O)(c1ccccc1C(F)(F)F)N1CCN(c2ccc(Nc3ccccn3)nn2)CC1. The van der Waals surface area contributed by atoms with Gasteiger partial charge in [0.2, 0.25) is 10.0 Å². The molecule has 0 unspecified atom stereocenters. The minimum Gasteiger partial charge on any atom is -0.352 e. The Morgan fingerprint density at radius 2 is 1.56 bits per heavy atom. The Kier molecular flexibility index (Phi) is 5.98. The van der Waals surface area contributed by atoms with E-state index in [-0.39, 0.29) is 26.2 Å². The average Bonchev–Trinajstić information content (AvgIpc) is 2.80. The normalized spacial score (nSPS) is 15.5. The summed E-state index contributed by atoms with van der Waals surface area (Å²) in [4.78, 5) is 5.24. The van der Waals surface area contributed by atoms with Gasteiger partial charge in [0.05, 0.1) is 10.5 Å². The number of halogens is 3. The number of alkyl halides is 3. The fourth-order valence-electron chi connectivity index (χ4n) is 3.35. The van der Waals surface area contributed by atoms with E-state index in [1.165, 1.54) is 12.1 Å². The molecule has 1 aliphatic rings. The molecule has 1 N–H and O–H groups in total. The van der Waals surface area contributed by atoms with Gasteiger partial charge in [-0.25, -0.2) is 13.4 Å². The first-order chi connectivity index (χ1) is 15.2. The van der Waals surface area contributed by atoms with Gasteiger partial charge in [-0.15, -0.1) is 10.2 Å². The Morgan fingerprint density at radius 3 is 2.19 bits per heavy atom. The van der Waals surface area contributed by atoms with E-state index < -0.39 is 26.7 Å². The second-order valence-corrected chi connectivity index (χ2v) is 8.91. The molecule has 0 radical (unpaired) electrons. The number of rotatable bonds is 5. The van der Waals surface area contributed by atoms with E-state index in [1.54, 1.807) is 30.5 Å². The lowest BCUT2D eigenvalue weighted by atomic mass is 10.2. The van der Waals surface area contributed by atoms with Crippen molar-refractivity contribution >= 4 is 27.5 Å². The first-order valence-electron chi connectivity index (χ1n) is 9.68. The third kappa shape index (κ3) is 4.65. The van der Waals surface area contributed by atoms with Gasteiger partial charge in [-0.05, 0) is 36.4 Å². The monoisotopic (exact) mass is 464 g/mol. The number of aromatic nitrogens is 3. The topological polar surface area (TPSA) is 91.3 Å².